The maximum Gasteiger partial charge on any atom is 0.408 e. The molecule has 0 radical (unpaired) electrons. The van der Waals surface area contributed by atoms with Crippen molar-refractivity contribution in [2.75, 3.05) is 13.1 Å². The van der Waals surface area contributed by atoms with E-state index in [0.29, 0.717) is 13.1 Å². The lowest BCUT2D eigenvalue weighted by Gasteiger charge is -2.35. The van der Waals surface area contributed by atoms with Gasteiger partial charge >= 0.3 is 6.09 Å². The second kappa shape index (κ2) is 18.3. The standard InChI is InChI=1S/C36H55N3O4/c1-8-10-12-13-14-18-24-39(32(33(40)37-23-11-9-2)30-25-27(3)21-22-28(30)4)34(41)31(26-29-19-16-15-17-20-29)38-35(42)43-36(5,6)7/h15-17,19-22,25,31-32H,8-14,18,23-24,26H2,1-7H3,(H,37,40)(H,38,42). The molecule has 0 aliphatic carbocycles. The number of hydrogen-bond donors (Lipinski definition) is 2. The van der Waals surface area contributed by atoms with E-state index >= 15 is 0 Å². The minimum Gasteiger partial charge on any atom is -0.444 e. The Morgan fingerprint density at radius 2 is 1.51 bits per heavy atom. The van der Waals surface area contributed by atoms with Crippen molar-refractivity contribution in [2.24, 2.45) is 0 Å². The summed E-state index contributed by atoms with van der Waals surface area (Å²) < 4.78 is 5.56. The van der Waals surface area contributed by atoms with E-state index in [-0.39, 0.29) is 18.2 Å². The summed E-state index contributed by atoms with van der Waals surface area (Å²) >= 11 is 0. The van der Waals surface area contributed by atoms with Crippen LogP contribution in [0, 0.1) is 13.8 Å². The van der Waals surface area contributed by atoms with Gasteiger partial charge in [-0.2, -0.15) is 0 Å². The van der Waals surface area contributed by atoms with Gasteiger partial charge in [0.1, 0.15) is 17.7 Å². The van der Waals surface area contributed by atoms with Gasteiger partial charge in [0.25, 0.3) is 0 Å². The first-order valence-corrected chi connectivity index (χ1v) is 16.2. The maximum atomic E-state index is 14.6. The van der Waals surface area contributed by atoms with E-state index in [9.17, 15) is 14.4 Å². The zero-order valence-electron chi connectivity index (χ0n) is 27.6. The molecule has 0 aliphatic rings. The van der Waals surface area contributed by atoms with Crippen molar-refractivity contribution in [1.82, 2.24) is 15.5 Å². The number of benzene rings is 2. The molecule has 2 atom stereocenters. The molecule has 0 aromatic heterocycles. The van der Waals surface area contributed by atoms with Crippen LogP contribution >= 0.6 is 0 Å². The number of nitrogens with one attached hydrogen (secondary N) is 2. The summed E-state index contributed by atoms with van der Waals surface area (Å²) in [5, 5.41) is 5.96. The number of ether oxygens (including phenoxy) is 1. The molecule has 3 amide bonds. The number of rotatable bonds is 17. The monoisotopic (exact) mass is 593 g/mol. The average molecular weight is 594 g/mol. The largest absolute Gasteiger partial charge is 0.444 e. The lowest BCUT2D eigenvalue weighted by Crippen LogP contribution is -2.54. The number of hydrogen-bond acceptors (Lipinski definition) is 4. The lowest BCUT2D eigenvalue weighted by molar-refractivity contribution is -0.142. The van der Waals surface area contributed by atoms with E-state index in [2.05, 4.69) is 24.5 Å². The van der Waals surface area contributed by atoms with Crippen molar-refractivity contribution in [3.05, 3.63) is 70.8 Å². The summed E-state index contributed by atoms with van der Waals surface area (Å²) in [7, 11) is 0. The lowest BCUT2D eigenvalue weighted by atomic mass is 9.95. The van der Waals surface area contributed by atoms with E-state index in [4.69, 9.17) is 4.74 Å². The Bertz CT molecular complexity index is 1140. The molecule has 0 spiro atoms. The summed E-state index contributed by atoms with van der Waals surface area (Å²) in [6.45, 7) is 14.6. The van der Waals surface area contributed by atoms with Gasteiger partial charge in [0.05, 0.1) is 0 Å². The highest BCUT2D eigenvalue weighted by molar-refractivity contribution is 5.92. The molecule has 7 heteroatoms. The molecular weight excluding hydrogens is 538 g/mol. The summed E-state index contributed by atoms with van der Waals surface area (Å²) in [5.41, 5.74) is 2.97. The fourth-order valence-corrected chi connectivity index (χ4v) is 5.12. The Balaban J connectivity index is 2.55. The second-order valence-corrected chi connectivity index (χ2v) is 12.6. The number of alkyl carbamates (subject to hydrolysis) is 1. The van der Waals surface area contributed by atoms with E-state index in [1.165, 1.54) is 6.42 Å². The van der Waals surface area contributed by atoms with Crippen molar-refractivity contribution in [3.8, 4) is 0 Å². The highest BCUT2D eigenvalue weighted by Crippen LogP contribution is 2.28. The Kier molecular flexibility index (Phi) is 15.3. The van der Waals surface area contributed by atoms with Crippen molar-refractivity contribution >= 4 is 17.9 Å². The molecule has 0 heterocycles. The highest BCUT2D eigenvalue weighted by Gasteiger charge is 2.36. The van der Waals surface area contributed by atoms with Gasteiger partial charge in [-0.3, -0.25) is 9.59 Å². The van der Waals surface area contributed by atoms with Crippen LogP contribution in [0.2, 0.25) is 0 Å². The summed E-state index contributed by atoms with van der Waals surface area (Å²) in [5.74, 6) is -0.489. The summed E-state index contributed by atoms with van der Waals surface area (Å²) in [4.78, 5) is 43.3. The van der Waals surface area contributed by atoms with Crippen LogP contribution < -0.4 is 10.6 Å². The number of aryl methyl sites for hydroxylation is 2. The van der Waals surface area contributed by atoms with Crippen molar-refractivity contribution in [3.63, 3.8) is 0 Å². The first-order valence-electron chi connectivity index (χ1n) is 16.2. The first-order chi connectivity index (χ1) is 20.5. The molecule has 2 N–H and O–H groups in total. The molecule has 2 aromatic carbocycles. The first kappa shape index (κ1) is 35.8. The molecule has 7 nitrogen and oxygen atoms in total. The van der Waals surface area contributed by atoms with Crippen LogP contribution in [0.25, 0.3) is 0 Å². The maximum absolute atomic E-state index is 14.6. The van der Waals surface area contributed by atoms with Gasteiger partial charge < -0.3 is 20.3 Å². The van der Waals surface area contributed by atoms with Gasteiger partial charge in [0.2, 0.25) is 11.8 Å². The molecule has 43 heavy (non-hydrogen) atoms. The predicted molar refractivity (Wildman–Crippen MR) is 175 cm³/mol. The Hall–Kier alpha value is -3.35. The average Bonchev–Trinajstić information content (AvgIpc) is 2.94. The smallest absolute Gasteiger partial charge is 0.408 e. The molecule has 2 aromatic rings. The van der Waals surface area contributed by atoms with Crippen molar-refractivity contribution < 1.29 is 19.1 Å². The quantitative estimate of drug-likeness (QED) is 0.185. The number of carbonyl (C=O) groups excluding carboxylic acids is 3. The fourth-order valence-electron chi connectivity index (χ4n) is 5.12. The van der Waals surface area contributed by atoms with E-state index in [1.54, 1.807) is 25.7 Å². The Morgan fingerprint density at radius 1 is 0.860 bits per heavy atom. The Morgan fingerprint density at radius 3 is 2.16 bits per heavy atom. The molecular formula is C36H55N3O4. The topological polar surface area (TPSA) is 87.7 Å². The highest BCUT2D eigenvalue weighted by atomic mass is 16.6. The molecule has 0 bridgehead atoms. The minimum absolute atomic E-state index is 0.197. The summed E-state index contributed by atoms with van der Waals surface area (Å²) in [6.07, 6.45) is 7.74. The van der Waals surface area contributed by atoms with Gasteiger partial charge in [0.15, 0.2) is 0 Å². The molecule has 0 fully saturated rings. The SMILES string of the molecule is CCCCCCCCN(C(=O)C(Cc1ccccc1)NC(=O)OC(C)(C)C)C(C(=O)NCCCC)c1cc(C)ccc1C. The summed E-state index contributed by atoms with van der Waals surface area (Å²) in [6, 6.07) is 13.9. The van der Waals surface area contributed by atoms with Gasteiger partial charge in [-0.25, -0.2) is 4.79 Å². The van der Waals surface area contributed by atoms with Crippen molar-refractivity contribution in [1.29, 1.82) is 0 Å². The number of amides is 3. The van der Waals surface area contributed by atoms with Crippen LogP contribution in [0.1, 0.15) is 114 Å². The normalized spacial score (nSPS) is 12.7. The molecule has 0 saturated heterocycles. The van der Waals surface area contributed by atoms with Crippen LogP contribution in [0.4, 0.5) is 4.79 Å². The second-order valence-electron chi connectivity index (χ2n) is 12.6. The van der Waals surface area contributed by atoms with Crippen LogP contribution in [0.5, 0.6) is 0 Å². The Labute approximate surface area is 260 Å². The van der Waals surface area contributed by atoms with E-state index in [0.717, 1.165) is 67.2 Å². The van der Waals surface area contributed by atoms with Gasteiger partial charge in [0, 0.05) is 19.5 Å². The van der Waals surface area contributed by atoms with Gasteiger partial charge in [-0.15, -0.1) is 0 Å². The minimum atomic E-state index is -0.909. The zero-order valence-corrected chi connectivity index (χ0v) is 27.6. The van der Waals surface area contributed by atoms with Crippen LogP contribution in [-0.4, -0.2) is 47.5 Å². The van der Waals surface area contributed by atoms with Crippen LogP contribution in [0.15, 0.2) is 48.5 Å². The van der Waals surface area contributed by atoms with Gasteiger partial charge in [-0.05, 0) is 64.2 Å². The fraction of sp³-hybridized carbons (Fsp3) is 0.583. The van der Waals surface area contributed by atoms with Crippen LogP contribution in [-0.2, 0) is 20.7 Å². The van der Waals surface area contributed by atoms with Gasteiger partial charge in [-0.1, -0.05) is 106 Å². The molecule has 2 rings (SSSR count). The predicted octanol–water partition coefficient (Wildman–Crippen LogP) is 7.59. The molecule has 2 unspecified atom stereocenters. The number of nitrogens with zero attached hydrogens (tertiary/aromatic N) is 1. The number of carbonyl (C=O) groups is 3. The zero-order chi connectivity index (χ0) is 31.8. The van der Waals surface area contributed by atoms with E-state index < -0.39 is 23.8 Å². The molecule has 0 aliphatic heterocycles. The third-order valence-corrected chi connectivity index (χ3v) is 7.43. The molecule has 0 saturated carbocycles. The third kappa shape index (κ3) is 12.8. The van der Waals surface area contributed by atoms with E-state index in [1.807, 2.05) is 62.4 Å². The van der Waals surface area contributed by atoms with Crippen LogP contribution in [0.3, 0.4) is 0 Å². The van der Waals surface area contributed by atoms with Crippen molar-refractivity contribution in [2.45, 2.75) is 124 Å². The molecule has 238 valence electrons. The number of unbranched alkanes of at least 4 members (excludes halogenated alkanes) is 6. The third-order valence-electron chi connectivity index (χ3n) is 7.43.